The van der Waals surface area contributed by atoms with Crippen LogP contribution in [0.15, 0.2) is 24.4 Å². The summed E-state index contributed by atoms with van der Waals surface area (Å²) in [7, 11) is 0. The summed E-state index contributed by atoms with van der Waals surface area (Å²) < 4.78 is 14.9. The number of carbonyl (C=O) groups excluding carboxylic acids is 1. The largest absolute Gasteiger partial charge is 0.368 e. The molecular weight excluding hydrogens is 309 g/mol. The zero-order valence-electron chi connectivity index (χ0n) is 13.5. The van der Waals surface area contributed by atoms with Crippen molar-refractivity contribution in [1.82, 2.24) is 19.7 Å². The number of carbonyl (C=O) groups is 1. The average molecular weight is 327 g/mol. The molecule has 2 heterocycles. The molecule has 24 heavy (non-hydrogen) atoms. The first-order valence-corrected chi connectivity index (χ1v) is 7.85. The second kappa shape index (κ2) is 4.90. The molecule has 3 N–H and O–H groups in total. The number of nitrogens with one attached hydrogen (secondary N) is 1. The zero-order valence-corrected chi connectivity index (χ0v) is 13.5. The molecule has 0 aliphatic heterocycles. The Bertz CT molecular complexity index is 955. The van der Waals surface area contributed by atoms with E-state index in [1.54, 1.807) is 12.3 Å². The van der Waals surface area contributed by atoms with Gasteiger partial charge in [0, 0.05) is 28.6 Å². The van der Waals surface area contributed by atoms with Gasteiger partial charge in [-0.05, 0) is 30.0 Å². The van der Waals surface area contributed by atoms with Gasteiger partial charge in [-0.15, -0.1) is 0 Å². The molecule has 0 radical (unpaired) electrons. The van der Waals surface area contributed by atoms with E-state index in [1.165, 1.54) is 16.8 Å². The van der Waals surface area contributed by atoms with Gasteiger partial charge >= 0.3 is 0 Å². The predicted molar refractivity (Wildman–Crippen MR) is 87.6 cm³/mol. The third kappa shape index (κ3) is 2.36. The first-order valence-electron chi connectivity index (χ1n) is 7.85. The van der Waals surface area contributed by atoms with Crippen LogP contribution in [0, 0.1) is 11.2 Å². The van der Waals surface area contributed by atoms with Crippen LogP contribution in [0.3, 0.4) is 0 Å². The number of rotatable bonds is 4. The standard InChI is InChI=1S/C17H18FN5O/c1-17(2)6-12(17)15-21-16(23(22-15)8-14(19)24)11-7-20-13-5-9(18)3-4-10(11)13/h3-5,7,12,20H,6,8H2,1-2H3,(H2,19,24). The van der Waals surface area contributed by atoms with Crippen LogP contribution in [0.5, 0.6) is 0 Å². The van der Waals surface area contributed by atoms with Gasteiger partial charge in [0.2, 0.25) is 5.91 Å². The Morgan fingerprint density at radius 2 is 2.25 bits per heavy atom. The normalized spacial score (nSPS) is 18.9. The Morgan fingerprint density at radius 3 is 2.92 bits per heavy atom. The number of aromatic amines is 1. The summed E-state index contributed by atoms with van der Waals surface area (Å²) in [6.07, 6.45) is 2.78. The van der Waals surface area contributed by atoms with Crippen LogP contribution < -0.4 is 5.73 Å². The molecule has 124 valence electrons. The fourth-order valence-electron chi connectivity index (χ4n) is 3.16. The third-order valence-electron chi connectivity index (χ3n) is 4.70. The summed E-state index contributed by atoms with van der Waals surface area (Å²) >= 11 is 0. The molecule has 0 spiro atoms. The molecule has 1 unspecified atom stereocenters. The Hall–Kier alpha value is -2.70. The van der Waals surface area contributed by atoms with Crippen molar-refractivity contribution in [1.29, 1.82) is 0 Å². The van der Waals surface area contributed by atoms with E-state index in [1.807, 2.05) is 0 Å². The molecule has 1 saturated carbocycles. The lowest BCUT2D eigenvalue weighted by Gasteiger charge is -2.02. The minimum atomic E-state index is -0.478. The second-order valence-electron chi connectivity index (χ2n) is 7.06. The topological polar surface area (TPSA) is 89.6 Å². The number of fused-ring (bicyclic) bond motifs is 1. The lowest BCUT2D eigenvalue weighted by molar-refractivity contribution is -0.118. The maximum absolute atomic E-state index is 13.4. The van der Waals surface area contributed by atoms with Crippen molar-refractivity contribution in [3.8, 4) is 11.4 Å². The Labute approximate surface area is 137 Å². The molecular formula is C17H18FN5O. The van der Waals surface area contributed by atoms with Gasteiger partial charge in [0.15, 0.2) is 11.6 Å². The van der Waals surface area contributed by atoms with Crippen molar-refractivity contribution in [2.24, 2.45) is 11.1 Å². The van der Waals surface area contributed by atoms with Gasteiger partial charge in [-0.2, -0.15) is 5.10 Å². The first kappa shape index (κ1) is 14.9. The summed E-state index contributed by atoms with van der Waals surface area (Å²) in [6, 6.07) is 4.53. The molecule has 1 aliphatic carbocycles. The fourth-order valence-corrected chi connectivity index (χ4v) is 3.16. The van der Waals surface area contributed by atoms with E-state index in [9.17, 15) is 9.18 Å². The quantitative estimate of drug-likeness (QED) is 0.771. The minimum Gasteiger partial charge on any atom is -0.368 e. The molecule has 1 atom stereocenters. The van der Waals surface area contributed by atoms with Gasteiger partial charge in [0.05, 0.1) is 0 Å². The number of amides is 1. The molecule has 1 fully saturated rings. The molecule has 1 aromatic carbocycles. The molecule has 3 aromatic rings. The Kier molecular flexibility index (Phi) is 3.03. The van der Waals surface area contributed by atoms with E-state index >= 15 is 0 Å². The van der Waals surface area contributed by atoms with E-state index < -0.39 is 5.91 Å². The molecule has 0 saturated heterocycles. The monoisotopic (exact) mass is 327 g/mol. The SMILES string of the molecule is CC1(C)CC1c1nc(-c2c[nH]c3cc(F)ccc23)n(CC(N)=O)n1. The summed E-state index contributed by atoms with van der Waals surface area (Å²) in [5, 5.41) is 5.33. The number of H-pyrrole nitrogens is 1. The van der Waals surface area contributed by atoms with Crippen LogP contribution in [0.1, 0.15) is 32.0 Å². The number of halogens is 1. The number of hydrogen-bond donors (Lipinski definition) is 2. The summed E-state index contributed by atoms with van der Waals surface area (Å²) in [6.45, 7) is 4.30. The van der Waals surface area contributed by atoms with Crippen molar-refractivity contribution in [3.05, 3.63) is 36.0 Å². The number of nitrogens with two attached hydrogens (primary N) is 1. The molecule has 4 rings (SSSR count). The van der Waals surface area contributed by atoms with Gasteiger partial charge < -0.3 is 10.7 Å². The van der Waals surface area contributed by atoms with Crippen LogP contribution in [-0.4, -0.2) is 25.7 Å². The lowest BCUT2D eigenvalue weighted by atomic mass is 10.1. The van der Waals surface area contributed by atoms with Gasteiger partial charge in [-0.25, -0.2) is 14.1 Å². The van der Waals surface area contributed by atoms with Crippen molar-refractivity contribution in [2.75, 3.05) is 0 Å². The molecule has 1 aliphatic rings. The number of hydrogen-bond acceptors (Lipinski definition) is 3. The van der Waals surface area contributed by atoms with Gasteiger partial charge in [0.25, 0.3) is 0 Å². The Balaban J connectivity index is 1.84. The molecule has 0 bridgehead atoms. The molecule has 1 amide bonds. The predicted octanol–water partition coefficient (Wildman–Crippen LogP) is 2.56. The minimum absolute atomic E-state index is 0.0383. The summed E-state index contributed by atoms with van der Waals surface area (Å²) in [5.74, 6) is 0.800. The lowest BCUT2D eigenvalue weighted by Crippen LogP contribution is -2.20. The smallest absolute Gasteiger partial charge is 0.239 e. The van der Waals surface area contributed by atoms with Gasteiger partial charge in [-0.1, -0.05) is 13.8 Å². The van der Waals surface area contributed by atoms with Gasteiger partial charge in [0.1, 0.15) is 12.4 Å². The zero-order chi connectivity index (χ0) is 17.1. The number of primary amides is 1. The first-order chi connectivity index (χ1) is 11.3. The van der Waals surface area contributed by atoms with Crippen molar-refractivity contribution >= 4 is 16.8 Å². The average Bonchev–Trinajstić information content (AvgIpc) is 2.86. The maximum atomic E-state index is 13.4. The third-order valence-corrected chi connectivity index (χ3v) is 4.70. The van der Waals surface area contributed by atoms with E-state index in [4.69, 9.17) is 5.73 Å². The number of nitrogens with zero attached hydrogens (tertiary/aromatic N) is 3. The highest BCUT2D eigenvalue weighted by molar-refractivity contribution is 5.94. The Morgan fingerprint density at radius 1 is 1.50 bits per heavy atom. The van der Waals surface area contributed by atoms with Crippen LogP contribution in [0.4, 0.5) is 4.39 Å². The highest BCUT2D eigenvalue weighted by Gasteiger charge is 2.49. The number of benzene rings is 1. The molecule has 7 heteroatoms. The summed E-state index contributed by atoms with van der Waals surface area (Å²) in [4.78, 5) is 19.1. The van der Waals surface area contributed by atoms with Crippen LogP contribution >= 0.6 is 0 Å². The number of aromatic nitrogens is 4. The van der Waals surface area contributed by atoms with E-state index in [-0.39, 0.29) is 23.7 Å². The molecule has 6 nitrogen and oxygen atoms in total. The van der Waals surface area contributed by atoms with E-state index in [0.717, 1.165) is 23.2 Å². The van der Waals surface area contributed by atoms with Crippen molar-refractivity contribution in [2.45, 2.75) is 32.7 Å². The highest BCUT2D eigenvalue weighted by atomic mass is 19.1. The molecule has 2 aromatic heterocycles. The van der Waals surface area contributed by atoms with Crippen LogP contribution in [0.2, 0.25) is 0 Å². The maximum Gasteiger partial charge on any atom is 0.239 e. The van der Waals surface area contributed by atoms with Gasteiger partial charge in [-0.3, -0.25) is 4.79 Å². The highest BCUT2D eigenvalue weighted by Crippen LogP contribution is 2.57. The second-order valence-corrected chi connectivity index (χ2v) is 7.06. The van der Waals surface area contributed by atoms with Crippen molar-refractivity contribution in [3.63, 3.8) is 0 Å². The summed E-state index contributed by atoms with van der Waals surface area (Å²) in [5.41, 5.74) is 6.98. The van der Waals surface area contributed by atoms with E-state index in [0.29, 0.717) is 11.3 Å². The van der Waals surface area contributed by atoms with Crippen LogP contribution in [-0.2, 0) is 11.3 Å². The van der Waals surface area contributed by atoms with Crippen molar-refractivity contribution < 1.29 is 9.18 Å². The van der Waals surface area contributed by atoms with E-state index in [2.05, 4.69) is 28.9 Å². The fraction of sp³-hybridized carbons (Fsp3) is 0.353. The van der Waals surface area contributed by atoms with Crippen LogP contribution in [0.25, 0.3) is 22.3 Å².